The van der Waals surface area contributed by atoms with E-state index in [0.29, 0.717) is 33.8 Å². The highest BCUT2D eigenvalue weighted by Crippen LogP contribution is 2.30. The highest BCUT2D eigenvalue weighted by atomic mass is 35.5. The van der Waals surface area contributed by atoms with E-state index in [4.69, 9.17) is 28.3 Å². The van der Waals surface area contributed by atoms with E-state index in [2.05, 4.69) is 15.0 Å². The molecule has 0 fully saturated rings. The van der Waals surface area contributed by atoms with E-state index in [-0.39, 0.29) is 11.8 Å². The molecule has 11 heteroatoms. The zero-order valence-corrected chi connectivity index (χ0v) is 21.8. The molecule has 3 aromatic rings. The van der Waals surface area contributed by atoms with Crippen LogP contribution < -0.4 is 10.0 Å². The number of nitrogens with zero attached hydrogens (tertiary/aromatic N) is 3. The minimum atomic E-state index is -3.38. The van der Waals surface area contributed by atoms with Gasteiger partial charge in [0.2, 0.25) is 16.0 Å². The summed E-state index contributed by atoms with van der Waals surface area (Å²) in [6.07, 6.45) is 1.10. The maximum absolute atomic E-state index is 12.8. The normalized spacial score (nSPS) is 16.0. The molecule has 3 aromatic carbocycles. The average molecular weight is 544 g/mol. The number of hydrazone groups is 1. The van der Waals surface area contributed by atoms with E-state index >= 15 is 0 Å². The molecule has 1 atom stereocenters. The van der Waals surface area contributed by atoms with E-state index in [1.165, 1.54) is 0 Å². The first-order valence-electron chi connectivity index (χ1n) is 10.9. The highest BCUT2D eigenvalue weighted by Gasteiger charge is 2.32. The van der Waals surface area contributed by atoms with Crippen LogP contribution in [0.1, 0.15) is 27.4 Å². The van der Waals surface area contributed by atoms with Crippen LogP contribution in [0.15, 0.2) is 82.9 Å². The van der Waals surface area contributed by atoms with Crippen molar-refractivity contribution >= 4 is 56.5 Å². The Bertz CT molecular complexity index is 1420. The van der Waals surface area contributed by atoms with Gasteiger partial charge in [0.05, 0.1) is 18.5 Å². The van der Waals surface area contributed by atoms with Crippen LogP contribution in [-0.4, -0.2) is 50.9 Å². The molecule has 0 bridgehead atoms. The first kappa shape index (κ1) is 25.7. The third-order valence-corrected chi connectivity index (χ3v) is 6.57. The molecule has 0 radical (unpaired) electrons. The lowest BCUT2D eigenvalue weighted by atomic mass is 9.90. The molecule has 0 spiro atoms. The molecule has 1 heterocycles. The number of nitrogens with one attached hydrogen (secondary N) is 2. The van der Waals surface area contributed by atoms with Gasteiger partial charge in [-0.05, 0) is 59.7 Å². The van der Waals surface area contributed by atoms with Gasteiger partial charge in [-0.1, -0.05) is 47.5 Å². The fourth-order valence-corrected chi connectivity index (χ4v) is 4.60. The van der Waals surface area contributed by atoms with Gasteiger partial charge in [-0.15, -0.1) is 0 Å². The van der Waals surface area contributed by atoms with Crippen molar-refractivity contribution in [1.82, 2.24) is 10.3 Å². The summed E-state index contributed by atoms with van der Waals surface area (Å²) in [6, 6.07) is 21.0. The maximum atomic E-state index is 12.8. The van der Waals surface area contributed by atoms with E-state index in [1.807, 2.05) is 24.3 Å². The van der Waals surface area contributed by atoms with Crippen molar-refractivity contribution in [2.24, 2.45) is 10.1 Å². The van der Waals surface area contributed by atoms with Gasteiger partial charge in [-0.2, -0.15) is 5.10 Å². The fourth-order valence-electron chi connectivity index (χ4n) is 3.79. The number of halogens is 2. The van der Waals surface area contributed by atoms with Crippen LogP contribution in [-0.2, 0) is 10.0 Å². The average Bonchev–Trinajstić information content (AvgIpc) is 3.28. The zero-order chi connectivity index (χ0) is 25.9. The van der Waals surface area contributed by atoms with Gasteiger partial charge < -0.3 is 0 Å². The standard InChI is InChI=1S/C25H23Cl2N5O3S/c1-28-25(29-24(33)18-5-11-20(27)12-6-18)32-15-22(23(30-32)17-3-9-19(26)10-4-17)16-7-13-21(14-8-16)31-36(2,34)35/h3-14,22,31H,15H2,1-2H3,(H,28,29,33). The molecule has 2 N–H and O–H groups in total. The van der Waals surface area contributed by atoms with Crippen molar-refractivity contribution in [1.29, 1.82) is 0 Å². The van der Waals surface area contributed by atoms with Crippen molar-refractivity contribution in [3.05, 3.63) is 99.5 Å². The summed E-state index contributed by atoms with van der Waals surface area (Å²) < 4.78 is 25.6. The number of aliphatic imine (C=N–C) groups is 1. The summed E-state index contributed by atoms with van der Waals surface area (Å²) in [5.74, 6) is -0.225. The van der Waals surface area contributed by atoms with Gasteiger partial charge in [-0.3, -0.25) is 19.8 Å². The van der Waals surface area contributed by atoms with Crippen LogP contribution in [0.3, 0.4) is 0 Å². The zero-order valence-electron chi connectivity index (χ0n) is 19.4. The third-order valence-electron chi connectivity index (χ3n) is 5.46. The molecule has 4 rings (SSSR count). The second kappa shape index (κ2) is 10.7. The lowest BCUT2D eigenvalue weighted by Gasteiger charge is -2.19. The quantitative estimate of drug-likeness (QED) is 0.363. The molecule has 0 saturated heterocycles. The SMILES string of the molecule is CN=C(NC(=O)c1ccc(Cl)cc1)N1CC(c2ccc(NS(C)(=O)=O)cc2)C(c2ccc(Cl)cc2)=N1. The summed E-state index contributed by atoms with van der Waals surface area (Å²) >= 11 is 12.0. The van der Waals surface area contributed by atoms with Crippen molar-refractivity contribution < 1.29 is 13.2 Å². The van der Waals surface area contributed by atoms with Gasteiger partial charge in [0, 0.05) is 34.3 Å². The number of anilines is 1. The van der Waals surface area contributed by atoms with Crippen LogP contribution in [0.4, 0.5) is 5.69 Å². The van der Waals surface area contributed by atoms with Crippen LogP contribution in [0, 0.1) is 0 Å². The van der Waals surface area contributed by atoms with E-state index in [1.54, 1.807) is 60.6 Å². The van der Waals surface area contributed by atoms with Crippen LogP contribution >= 0.6 is 23.2 Å². The number of carbonyl (C=O) groups is 1. The Labute approximate surface area is 219 Å². The van der Waals surface area contributed by atoms with Crippen molar-refractivity contribution in [3.63, 3.8) is 0 Å². The summed E-state index contributed by atoms with van der Waals surface area (Å²) in [5, 5.41) is 10.4. The molecule has 1 unspecified atom stereocenters. The Kier molecular flexibility index (Phi) is 7.63. The van der Waals surface area contributed by atoms with Crippen LogP contribution in [0.5, 0.6) is 0 Å². The van der Waals surface area contributed by atoms with Gasteiger partial charge in [0.15, 0.2) is 0 Å². The lowest BCUT2D eigenvalue weighted by molar-refractivity contribution is 0.0972. The Morgan fingerprint density at radius 2 is 1.56 bits per heavy atom. The fraction of sp³-hybridized carbons (Fsp3) is 0.160. The molecule has 0 aliphatic carbocycles. The van der Waals surface area contributed by atoms with Crippen LogP contribution in [0.2, 0.25) is 10.0 Å². The first-order chi connectivity index (χ1) is 17.1. The number of benzene rings is 3. The molecule has 1 aliphatic rings. The highest BCUT2D eigenvalue weighted by molar-refractivity contribution is 7.92. The van der Waals surface area contributed by atoms with E-state index in [9.17, 15) is 13.2 Å². The van der Waals surface area contributed by atoms with Crippen molar-refractivity contribution in [2.75, 3.05) is 24.6 Å². The van der Waals surface area contributed by atoms with Crippen LogP contribution in [0.25, 0.3) is 0 Å². The number of rotatable bonds is 5. The first-order valence-corrected chi connectivity index (χ1v) is 13.5. The second-order valence-electron chi connectivity index (χ2n) is 8.13. The predicted molar refractivity (Wildman–Crippen MR) is 145 cm³/mol. The number of carbonyl (C=O) groups excluding carboxylic acids is 1. The molecular weight excluding hydrogens is 521 g/mol. The second-order valence-corrected chi connectivity index (χ2v) is 10.8. The van der Waals surface area contributed by atoms with Gasteiger partial charge in [-0.25, -0.2) is 13.4 Å². The number of hydrogen-bond acceptors (Lipinski definition) is 5. The Morgan fingerprint density at radius 1 is 0.972 bits per heavy atom. The Morgan fingerprint density at radius 3 is 2.11 bits per heavy atom. The number of sulfonamides is 1. The largest absolute Gasteiger partial charge is 0.291 e. The summed E-state index contributed by atoms with van der Waals surface area (Å²) in [5.41, 5.74) is 3.45. The predicted octanol–water partition coefficient (Wildman–Crippen LogP) is 4.58. The Balaban J connectivity index is 1.63. The Hall–Kier alpha value is -3.40. The van der Waals surface area contributed by atoms with Gasteiger partial charge in [0.1, 0.15) is 0 Å². The number of amides is 1. The lowest BCUT2D eigenvalue weighted by Crippen LogP contribution is -2.41. The summed E-state index contributed by atoms with van der Waals surface area (Å²) in [6.45, 7) is 0.407. The molecule has 36 heavy (non-hydrogen) atoms. The molecule has 0 saturated carbocycles. The molecule has 0 aromatic heterocycles. The minimum Gasteiger partial charge on any atom is -0.291 e. The third kappa shape index (κ3) is 6.23. The smallest absolute Gasteiger partial charge is 0.258 e. The minimum absolute atomic E-state index is 0.178. The number of hydrogen-bond donors (Lipinski definition) is 2. The maximum Gasteiger partial charge on any atom is 0.258 e. The number of guanidine groups is 1. The van der Waals surface area contributed by atoms with Crippen molar-refractivity contribution in [2.45, 2.75) is 5.92 Å². The van der Waals surface area contributed by atoms with Gasteiger partial charge in [0.25, 0.3) is 5.91 Å². The molecule has 8 nitrogen and oxygen atoms in total. The molecule has 1 amide bonds. The molecule has 186 valence electrons. The molecular formula is C25H23Cl2N5O3S. The van der Waals surface area contributed by atoms with Gasteiger partial charge >= 0.3 is 0 Å². The monoisotopic (exact) mass is 543 g/mol. The van der Waals surface area contributed by atoms with E-state index in [0.717, 1.165) is 23.1 Å². The summed E-state index contributed by atoms with van der Waals surface area (Å²) in [4.78, 5) is 17.1. The van der Waals surface area contributed by atoms with E-state index < -0.39 is 10.0 Å². The topological polar surface area (TPSA) is 103 Å². The molecule has 1 aliphatic heterocycles. The summed E-state index contributed by atoms with van der Waals surface area (Å²) in [7, 11) is -1.81. The van der Waals surface area contributed by atoms with Crippen molar-refractivity contribution in [3.8, 4) is 0 Å².